The number of aryl methyl sites for hydroxylation is 1. The minimum atomic E-state index is -0.140. The van der Waals surface area contributed by atoms with E-state index in [-0.39, 0.29) is 11.7 Å². The SMILES string of the molecule is C=CCn1c(CSCc2ccc(Cl)c(Cl)c2)nnc1SCC(=O)Nc1ccc(C)c(Cl)c1. The van der Waals surface area contributed by atoms with Gasteiger partial charge in [0.05, 0.1) is 21.6 Å². The van der Waals surface area contributed by atoms with Crippen molar-refractivity contribution in [3.05, 3.63) is 81.1 Å². The lowest BCUT2D eigenvalue weighted by atomic mass is 10.2. The van der Waals surface area contributed by atoms with Crippen LogP contribution in [0.15, 0.2) is 54.2 Å². The Bertz CT molecular complexity index is 1120. The van der Waals surface area contributed by atoms with Gasteiger partial charge >= 0.3 is 0 Å². The van der Waals surface area contributed by atoms with E-state index in [0.717, 1.165) is 22.7 Å². The van der Waals surface area contributed by atoms with Crippen LogP contribution in [0.25, 0.3) is 0 Å². The molecule has 168 valence electrons. The van der Waals surface area contributed by atoms with E-state index in [9.17, 15) is 4.79 Å². The number of nitrogens with one attached hydrogen (secondary N) is 1. The second-order valence-corrected chi connectivity index (χ2v) is 9.99. The summed E-state index contributed by atoms with van der Waals surface area (Å²) in [5.74, 6) is 2.32. The van der Waals surface area contributed by atoms with Crippen LogP contribution in [0.2, 0.25) is 15.1 Å². The number of nitrogens with zero attached hydrogens (tertiary/aromatic N) is 3. The molecule has 1 aromatic heterocycles. The lowest BCUT2D eigenvalue weighted by Crippen LogP contribution is -2.14. The molecule has 0 spiro atoms. The maximum atomic E-state index is 12.4. The summed E-state index contributed by atoms with van der Waals surface area (Å²) >= 11 is 21.2. The van der Waals surface area contributed by atoms with Gasteiger partial charge in [-0.2, -0.15) is 0 Å². The molecule has 1 heterocycles. The first-order valence-electron chi connectivity index (χ1n) is 9.61. The molecule has 0 aliphatic carbocycles. The number of aromatic nitrogens is 3. The summed E-state index contributed by atoms with van der Waals surface area (Å²) in [5.41, 5.74) is 2.71. The number of anilines is 1. The van der Waals surface area contributed by atoms with E-state index in [2.05, 4.69) is 22.1 Å². The van der Waals surface area contributed by atoms with Crippen molar-refractivity contribution in [1.29, 1.82) is 0 Å². The first kappa shape index (κ1) is 25.0. The largest absolute Gasteiger partial charge is 0.325 e. The summed E-state index contributed by atoms with van der Waals surface area (Å²) in [4.78, 5) is 12.4. The Balaban J connectivity index is 1.57. The molecule has 3 rings (SSSR count). The molecule has 3 aromatic rings. The zero-order valence-electron chi connectivity index (χ0n) is 17.3. The van der Waals surface area contributed by atoms with Crippen LogP contribution in [0.3, 0.4) is 0 Å². The van der Waals surface area contributed by atoms with Gasteiger partial charge in [-0.1, -0.05) is 64.8 Å². The highest BCUT2D eigenvalue weighted by Crippen LogP contribution is 2.27. The lowest BCUT2D eigenvalue weighted by molar-refractivity contribution is -0.113. The van der Waals surface area contributed by atoms with E-state index in [1.54, 1.807) is 30.0 Å². The standard InChI is InChI=1S/C22H21Cl3N4OS2/c1-3-8-29-20(12-31-11-15-5-7-17(23)19(25)9-15)27-28-22(29)32-13-21(30)26-16-6-4-14(2)18(24)10-16/h3-7,9-10H,1,8,11-13H2,2H3,(H,26,30). The van der Waals surface area contributed by atoms with Gasteiger partial charge < -0.3 is 9.88 Å². The summed E-state index contributed by atoms with van der Waals surface area (Å²) in [6, 6.07) is 11.1. The number of carbonyl (C=O) groups is 1. The quantitative estimate of drug-likeness (QED) is 0.230. The highest BCUT2D eigenvalue weighted by atomic mass is 35.5. The fraction of sp³-hybridized carbons (Fsp3) is 0.227. The second-order valence-electron chi connectivity index (χ2n) is 6.84. The Labute approximate surface area is 210 Å². The molecule has 0 radical (unpaired) electrons. The molecule has 10 heteroatoms. The van der Waals surface area contributed by atoms with E-state index < -0.39 is 0 Å². The van der Waals surface area contributed by atoms with Crippen molar-refractivity contribution < 1.29 is 4.79 Å². The van der Waals surface area contributed by atoms with Crippen LogP contribution in [-0.2, 0) is 22.8 Å². The van der Waals surface area contributed by atoms with Crippen LogP contribution < -0.4 is 5.32 Å². The van der Waals surface area contributed by atoms with Gasteiger partial charge in [0.25, 0.3) is 0 Å². The number of hydrogen-bond acceptors (Lipinski definition) is 5. The summed E-state index contributed by atoms with van der Waals surface area (Å²) in [6.07, 6.45) is 1.79. The van der Waals surface area contributed by atoms with Crippen molar-refractivity contribution in [2.45, 2.75) is 30.1 Å². The summed E-state index contributed by atoms with van der Waals surface area (Å²) in [7, 11) is 0. The lowest BCUT2D eigenvalue weighted by Gasteiger charge is -2.09. The van der Waals surface area contributed by atoms with Crippen LogP contribution in [-0.4, -0.2) is 26.4 Å². The van der Waals surface area contributed by atoms with Gasteiger partial charge in [-0.25, -0.2) is 0 Å². The van der Waals surface area contributed by atoms with Crippen LogP contribution in [0.4, 0.5) is 5.69 Å². The molecule has 5 nitrogen and oxygen atoms in total. The Kier molecular flexibility index (Phi) is 9.37. The molecule has 0 saturated carbocycles. The number of amides is 1. The van der Waals surface area contributed by atoms with Crippen LogP contribution >= 0.6 is 58.3 Å². The predicted molar refractivity (Wildman–Crippen MR) is 137 cm³/mol. The summed E-state index contributed by atoms with van der Waals surface area (Å²) in [5, 5.41) is 13.8. The number of allylic oxidation sites excluding steroid dienone is 1. The number of halogens is 3. The molecular weight excluding hydrogens is 507 g/mol. The first-order chi connectivity index (χ1) is 15.4. The molecule has 0 unspecified atom stereocenters. The third kappa shape index (κ3) is 6.93. The number of hydrogen-bond donors (Lipinski definition) is 1. The molecule has 0 saturated heterocycles. The molecule has 32 heavy (non-hydrogen) atoms. The topological polar surface area (TPSA) is 59.8 Å². The minimum absolute atomic E-state index is 0.140. The van der Waals surface area contributed by atoms with Gasteiger partial charge in [0.1, 0.15) is 5.82 Å². The van der Waals surface area contributed by atoms with Gasteiger partial charge in [-0.3, -0.25) is 4.79 Å². The zero-order valence-corrected chi connectivity index (χ0v) is 21.2. The second kappa shape index (κ2) is 12.0. The molecule has 1 N–H and O–H groups in total. The molecule has 2 aromatic carbocycles. The van der Waals surface area contributed by atoms with E-state index in [1.165, 1.54) is 11.8 Å². The average Bonchev–Trinajstić information content (AvgIpc) is 3.14. The number of thioether (sulfide) groups is 2. The zero-order chi connectivity index (χ0) is 23.1. The highest BCUT2D eigenvalue weighted by Gasteiger charge is 2.14. The van der Waals surface area contributed by atoms with Crippen LogP contribution in [0.1, 0.15) is 17.0 Å². The summed E-state index contributed by atoms with van der Waals surface area (Å²) in [6.45, 7) is 6.29. The number of benzene rings is 2. The molecule has 1 amide bonds. The van der Waals surface area contributed by atoms with Crippen molar-refractivity contribution in [3.63, 3.8) is 0 Å². The van der Waals surface area contributed by atoms with Crippen LogP contribution in [0.5, 0.6) is 0 Å². The van der Waals surface area contributed by atoms with Gasteiger partial charge in [-0.15, -0.1) is 28.5 Å². The molecule has 0 bridgehead atoms. The molecule has 0 atom stereocenters. The first-order valence-corrected chi connectivity index (χ1v) is 12.9. The fourth-order valence-electron chi connectivity index (χ4n) is 2.73. The smallest absolute Gasteiger partial charge is 0.234 e. The van der Waals surface area contributed by atoms with Crippen molar-refractivity contribution in [1.82, 2.24) is 14.8 Å². The van der Waals surface area contributed by atoms with E-state index in [0.29, 0.717) is 38.2 Å². The van der Waals surface area contributed by atoms with Crippen molar-refractivity contribution in [2.24, 2.45) is 0 Å². The number of rotatable bonds is 10. The normalized spacial score (nSPS) is 10.9. The Morgan fingerprint density at radius 2 is 1.91 bits per heavy atom. The van der Waals surface area contributed by atoms with Crippen molar-refractivity contribution >= 4 is 69.9 Å². The predicted octanol–water partition coefficient (Wildman–Crippen LogP) is 6.90. The third-order valence-electron chi connectivity index (χ3n) is 4.38. The third-order valence-corrected chi connectivity index (χ3v) is 7.49. The van der Waals surface area contributed by atoms with E-state index >= 15 is 0 Å². The molecular formula is C22H21Cl3N4OS2. The van der Waals surface area contributed by atoms with E-state index in [4.69, 9.17) is 34.8 Å². The maximum absolute atomic E-state index is 12.4. The Hall–Kier alpha value is -1.64. The van der Waals surface area contributed by atoms with Gasteiger partial charge in [0, 0.05) is 23.0 Å². The molecule has 0 aliphatic rings. The van der Waals surface area contributed by atoms with E-state index in [1.807, 2.05) is 35.8 Å². The van der Waals surface area contributed by atoms with Crippen molar-refractivity contribution in [3.8, 4) is 0 Å². The van der Waals surface area contributed by atoms with Crippen molar-refractivity contribution in [2.75, 3.05) is 11.1 Å². The minimum Gasteiger partial charge on any atom is -0.325 e. The Morgan fingerprint density at radius 3 is 2.62 bits per heavy atom. The maximum Gasteiger partial charge on any atom is 0.234 e. The molecule has 0 fully saturated rings. The Morgan fingerprint density at radius 1 is 1.09 bits per heavy atom. The van der Waals surface area contributed by atoms with Gasteiger partial charge in [0.2, 0.25) is 5.91 Å². The number of carbonyl (C=O) groups excluding carboxylic acids is 1. The molecule has 0 aliphatic heterocycles. The van der Waals surface area contributed by atoms with Crippen LogP contribution in [0, 0.1) is 6.92 Å². The fourth-order valence-corrected chi connectivity index (χ4v) is 4.91. The summed E-state index contributed by atoms with van der Waals surface area (Å²) < 4.78 is 1.97. The van der Waals surface area contributed by atoms with Gasteiger partial charge in [-0.05, 0) is 42.3 Å². The van der Waals surface area contributed by atoms with Gasteiger partial charge in [0.15, 0.2) is 5.16 Å². The average molecular weight is 528 g/mol. The monoisotopic (exact) mass is 526 g/mol. The highest BCUT2D eigenvalue weighted by molar-refractivity contribution is 7.99.